The molecule has 1 heterocycles. The molecule has 0 bridgehead atoms. The maximum absolute atomic E-state index is 12.1. The number of ketones is 1. The molecular weight excluding hydrogens is 252 g/mol. The number of rotatable bonds is 4. The minimum absolute atomic E-state index is 0.0105. The minimum atomic E-state index is -0.0105. The second kappa shape index (κ2) is 5.23. The van der Waals surface area contributed by atoms with Gasteiger partial charge in [0.15, 0.2) is 5.78 Å². The standard InChI is InChI=1S/C13H13ClN2O2/c1-16-8-10(7-15-16)12(17)6-9-5-11(14)3-4-13(9)18-2/h3-5,7-8H,6H2,1-2H3. The van der Waals surface area contributed by atoms with Crippen molar-refractivity contribution in [2.24, 2.45) is 7.05 Å². The van der Waals surface area contributed by atoms with Crippen LogP contribution in [-0.2, 0) is 13.5 Å². The average Bonchev–Trinajstić information content (AvgIpc) is 2.76. The molecule has 0 aliphatic heterocycles. The van der Waals surface area contributed by atoms with Crippen LogP contribution >= 0.6 is 11.6 Å². The van der Waals surface area contributed by atoms with Crippen molar-refractivity contribution in [2.45, 2.75) is 6.42 Å². The molecule has 2 aromatic rings. The van der Waals surface area contributed by atoms with E-state index in [1.165, 1.54) is 0 Å². The molecule has 1 aromatic carbocycles. The highest BCUT2D eigenvalue weighted by atomic mass is 35.5. The Bertz CT molecular complexity index is 578. The molecule has 0 saturated heterocycles. The molecule has 0 radical (unpaired) electrons. The van der Waals surface area contributed by atoms with Crippen LogP contribution < -0.4 is 4.74 Å². The summed E-state index contributed by atoms with van der Waals surface area (Å²) < 4.78 is 6.81. The molecule has 0 saturated carbocycles. The van der Waals surface area contributed by atoms with E-state index in [2.05, 4.69) is 5.10 Å². The van der Waals surface area contributed by atoms with Crippen molar-refractivity contribution in [3.8, 4) is 5.75 Å². The zero-order valence-electron chi connectivity index (χ0n) is 10.2. The van der Waals surface area contributed by atoms with Crippen LogP contribution in [0.25, 0.3) is 0 Å². The molecule has 0 amide bonds. The number of hydrogen-bond acceptors (Lipinski definition) is 3. The van der Waals surface area contributed by atoms with E-state index in [9.17, 15) is 4.79 Å². The molecule has 5 heteroatoms. The van der Waals surface area contributed by atoms with Gasteiger partial charge in [0.25, 0.3) is 0 Å². The molecule has 4 nitrogen and oxygen atoms in total. The van der Waals surface area contributed by atoms with E-state index in [1.54, 1.807) is 49.4 Å². The van der Waals surface area contributed by atoms with Crippen LogP contribution in [0.15, 0.2) is 30.6 Å². The van der Waals surface area contributed by atoms with Crippen LogP contribution in [-0.4, -0.2) is 22.7 Å². The van der Waals surface area contributed by atoms with Crippen molar-refractivity contribution in [3.63, 3.8) is 0 Å². The quantitative estimate of drug-likeness (QED) is 0.797. The van der Waals surface area contributed by atoms with Crippen LogP contribution in [0.3, 0.4) is 0 Å². The summed E-state index contributed by atoms with van der Waals surface area (Å²) >= 11 is 5.92. The Morgan fingerprint density at radius 3 is 2.89 bits per heavy atom. The lowest BCUT2D eigenvalue weighted by atomic mass is 10.0. The van der Waals surface area contributed by atoms with Crippen LogP contribution in [0.5, 0.6) is 5.75 Å². The molecule has 94 valence electrons. The Morgan fingerprint density at radius 1 is 1.50 bits per heavy atom. The smallest absolute Gasteiger partial charge is 0.170 e. The first-order valence-electron chi connectivity index (χ1n) is 5.44. The lowest BCUT2D eigenvalue weighted by molar-refractivity contribution is 0.0992. The third kappa shape index (κ3) is 2.71. The SMILES string of the molecule is COc1ccc(Cl)cc1CC(=O)c1cnn(C)c1. The zero-order valence-corrected chi connectivity index (χ0v) is 10.9. The number of nitrogens with zero attached hydrogens (tertiary/aromatic N) is 2. The van der Waals surface area contributed by atoms with Crippen LogP contribution in [0, 0.1) is 0 Å². The molecule has 0 aliphatic carbocycles. The van der Waals surface area contributed by atoms with Crippen molar-refractivity contribution >= 4 is 17.4 Å². The number of carbonyl (C=O) groups is 1. The van der Waals surface area contributed by atoms with Gasteiger partial charge in [-0.2, -0.15) is 5.10 Å². The number of Topliss-reactive ketones (excluding diaryl/α,β-unsaturated/α-hetero) is 1. The molecule has 1 aromatic heterocycles. The first kappa shape index (κ1) is 12.6. The highest BCUT2D eigenvalue weighted by Crippen LogP contribution is 2.24. The number of methoxy groups -OCH3 is 1. The third-order valence-corrected chi connectivity index (χ3v) is 2.86. The van der Waals surface area contributed by atoms with Gasteiger partial charge >= 0.3 is 0 Å². The largest absolute Gasteiger partial charge is 0.496 e. The van der Waals surface area contributed by atoms with Crippen molar-refractivity contribution in [3.05, 3.63) is 46.7 Å². The maximum Gasteiger partial charge on any atom is 0.170 e. The third-order valence-electron chi connectivity index (χ3n) is 2.62. The van der Waals surface area contributed by atoms with Crippen molar-refractivity contribution in [1.29, 1.82) is 0 Å². The van der Waals surface area contributed by atoms with E-state index in [-0.39, 0.29) is 12.2 Å². The summed E-state index contributed by atoms with van der Waals surface area (Å²) in [6.07, 6.45) is 3.49. The number of benzene rings is 1. The van der Waals surface area contributed by atoms with E-state index >= 15 is 0 Å². The summed E-state index contributed by atoms with van der Waals surface area (Å²) in [5.41, 5.74) is 1.36. The molecular formula is C13H13ClN2O2. The number of carbonyl (C=O) groups excluding carboxylic acids is 1. The van der Waals surface area contributed by atoms with Gasteiger partial charge in [0.2, 0.25) is 0 Å². The van der Waals surface area contributed by atoms with E-state index < -0.39 is 0 Å². The van der Waals surface area contributed by atoms with Gasteiger partial charge in [-0.25, -0.2) is 0 Å². The summed E-state index contributed by atoms with van der Waals surface area (Å²) in [4.78, 5) is 12.1. The highest BCUT2D eigenvalue weighted by molar-refractivity contribution is 6.30. The first-order valence-corrected chi connectivity index (χ1v) is 5.82. The van der Waals surface area contributed by atoms with Gasteiger partial charge in [0.05, 0.1) is 18.9 Å². The number of hydrogen-bond donors (Lipinski definition) is 0. The zero-order chi connectivity index (χ0) is 13.1. The first-order chi connectivity index (χ1) is 8.60. The normalized spacial score (nSPS) is 10.4. The molecule has 0 aliphatic rings. The van der Waals surface area contributed by atoms with Gasteiger partial charge in [0, 0.05) is 30.3 Å². The highest BCUT2D eigenvalue weighted by Gasteiger charge is 2.12. The van der Waals surface area contributed by atoms with Crippen molar-refractivity contribution < 1.29 is 9.53 Å². The predicted octanol–water partition coefficient (Wildman–Crippen LogP) is 2.51. The Balaban J connectivity index is 2.23. The molecule has 0 spiro atoms. The van der Waals surface area contributed by atoms with Gasteiger partial charge in [-0.05, 0) is 18.2 Å². The number of ether oxygens (including phenoxy) is 1. The summed E-state index contributed by atoms with van der Waals surface area (Å²) in [5, 5.41) is 4.57. The Labute approximate surface area is 110 Å². The summed E-state index contributed by atoms with van der Waals surface area (Å²) in [5.74, 6) is 0.653. The molecule has 0 fully saturated rings. The van der Waals surface area contributed by atoms with Gasteiger partial charge in [-0.3, -0.25) is 9.48 Å². The van der Waals surface area contributed by atoms with Gasteiger partial charge in [-0.1, -0.05) is 11.6 Å². The summed E-state index contributed by atoms with van der Waals surface area (Å²) in [6, 6.07) is 5.24. The average molecular weight is 265 g/mol. The molecule has 0 N–H and O–H groups in total. The van der Waals surface area contributed by atoms with Crippen LogP contribution in [0.4, 0.5) is 0 Å². The maximum atomic E-state index is 12.1. The van der Waals surface area contributed by atoms with E-state index in [0.717, 1.165) is 5.56 Å². The lowest BCUT2D eigenvalue weighted by Gasteiger charge is -2.07. The second-order valence-electron chi connectivity index (χ2n) is 3.96. The van der Waals surface area contributed by atoms with Gasteiger partial charge < -0.3 is 4.74 Å². The minimum Gasteiger partial charge on any atom is -0.496 e. The van der Waals surface area contributed by atoms with E-state index in [0.29, 0.717) is 16.3 Å². The van der Waals surface area contributed by atoms with Gasteiger partial charge in [-0.15, -0.1) is 0 Å². The molecule has 2 rings (SSSR count). The Hall–Kier alpha value is -1.81. The van der Waals surface area contributed by atoms with Crippen molar-refractivity contribution in [1.82, 2.24) is 9.78 Å². The molecule has 0 atom stereocenters. The Morgan fingerprint density at radius 2 is 2.28 bits per heavy atom. The van der Waals surface area contributed by atoms with Crippen molar-refractivity contribution in [2.75, 3.05) is 7.11 Å². The topological polar surface area (TPSA) is 44.1 Å². The fourth-order valence-corrected chi connectivity index (χ4v) is 1.92. The fraction of sp³-hybridized carbons (Fsp3) is 0.231. The summed E-state index contributed by atoms with van der Waals surface area (Å²) in [7, 11) is 3.35. The lowest BCUT2D eigenvalue weighted by Crippen LogP contribution is -2.04. The number of aryl methyl sites for hydroxylation is 1. The van der Waals surface area contributed by atoms with E-state index in [4.69, 9.17) is 16.3 Å². The molecule has 18 heavy (non-hydrogen) atoms. The number of halogens is 1. The second-order valence-corrected chi connectivity index (χ2v) is 4.40. The molecule has 0 unspecified atom stereocenters. The van der Waals surface area contributed by atoms with E-state index in [1.807, 2.05) is 0 Å². The fourth-order valence-electron chi connectivity index (χ4n) is 1.73. The van der Waals surface area contributed by atoms with Crippen LogP contribution in [0.1, 0.15) is 15.9 Å². The van der Waals surface area contributed by atoms with Gasteiger partial charge in [0.1, 0.15) is 5.75 Å². The monoisotopic (exact) mass is 264 g/mol. The Kier molecular flexibility index (Phi) is 3.67. The van der Waals surface area contributed by atoms with Crippen LogP contribution in [0.2, 0.25) is 5.02 Å². The number of aromatic nitrogens is 2. The predicted molar refractivity (Wildman–Crippen MR) is 69.2 cm³/mol. The summed E-state index contributed by atoms with van der Waals surface area (Å²) in [6.45, 7) is 0.